The normalized spacial score (nSPS) is 18.1. The molecule has 0 fully saturated rings. The van der Waals surface area contributed by atoms with Crippen molar-refractivity contribution in [1.29, 1.82) is 0 Å². The van der Waals surface area contributed by atoms with E-state index in [2.05, 4.69) is 4.98 Å². The van der Waals surface area contributed by atoms with Crippen LogP contribution in [-0.4, -0.2) is 29.9 Å². The summed E-state index contributed by atoms with van der Waals surface area (Å²) in [6.07, 6.45) is -1.97. The Balaban J connectivity index is 2.48. The number of rotatable bonds is 5. The fraction of sp³-hybridized carbons (Fsp3) is 0.615. The third-order valence-electron chi connectivity index (χ3n) is 3.03. The standard InChI is InChI=1S/C13H20N4O3/c1-9(18)6-4-5-7-17-12(19)10-11(14-8-15(10)2)16(3)13(17)20/h8-9,18H,4-7H2,1-3H3/t9-/m1/s1/i2D3,6D2. The van der Waals surface area contributed by atoms with Crippen LogP contribution in [0.5, 0.6) is 0 Å². The summed E-state index contributed by atoms with van der Waals surface area (Å²) >= 11 is 0. The molecule has 0 spiro atoms. The van der Waals surface area contributed by atoms with Crippen LogP contribution in [0.25, 0.3) is 11.2 Å². The zero-order chi connectivity index (χ0) is 19.2. The molecular weight excluding hydrogens is 260 g/mol. The molecule has 7 nitrogen and oxygen atoms in total. The van der Waals surface area contributed by atoms with Crippen molar-refractivity contribution >= 4 is 11.2 Å². The molecule has 0 aromatic carbocycles. The topological polar surface area (TPSA) is 82.0 Å². The highest BCUT2D eigenvalue weighted by atomic mass is 16.3. The van der Waals surface area contributed by atoms with Crippen molar-refractivity contribution in [3.05, 3.63) is 27.2 Å². The molecule has 0 unspecified atom stereocenters. The second kappa shape index (κ2) is 5.62. The molecule has 1 N–H and O–H groups in total. The van der Waals surface area contributed by atoms with E-state index in [1.165, 1.54) is 14.0 Å². The molecule has 20 heavy (non-hydrogen) atoms. The van der Waals surface area contributed by atoms with Gasteiger partial charge in [0.15, 0.2) is 11.2 Å². The summed E-state index contributed by atoms with van der Waals surface area (Å²) in [7, 11) is 1.38. The monoisotopic (exact) mass is 285 g/mol. The van der Waals surface area contributed by atoms with Crippen molar-refractivity contribution < 1.29 is 12.0 Å². The van der Waals surface area contributed by atoms with Gasteiger partial charge in [-0.05, 0) is 26.1 Å². The van der Waals surface area contributed by atoms with Gasteiger partial charge in [-0.3, -0.25) is 13.9 Å². The molecule has 0 radical (unpaired) electrons. The minimum absolute atomic E-state index is 0.0262. The largest absolute Gasteiger partial charge is 0.393 e. The van der Waals surface area contributed by atoms with Crippen LogP contribution in [0.15, 0.2) is 15.9 Å². The second-order valence-electron chi connectivity index (χ2n) is 4.57. The lowest BCUT2D eigenvalue weighted by molar-refractivity contribution is 0.180. The van der Waals surface area contributed by atoms with Crippen LogP contribution < -0.4 is 11.2 Å². The van der Waals surface area contributed by atoms with Gasteiger partial charge in [0, 0.05) is 27.4 Å². The molecule has 0 saturated heterocycles. The lowest BCUT2D eigenvalue weighted by Gasteiger charge is -2.09. The van der Waals surface area contributed by atoms with Crippen LogP contribution in [0.3, 0.4) is 0 Å². The van der Waals surface area contributed by atoms with Crippen LogP contribution in [0.2, 0.25) is 0 Å². The summed E-state index contributed by atoms with van der Waals surface area (Å²) in [6, 6.07) is 0. The van der Waals surface area contributed by atoms with Crippen molar-refractivity contribution in [2.75, 3.05) is 0 Å². The van der Waals surface area contributed by atoms with Gasteiger partial charge in [0.25, 0.3) is 5.56 Å². The number of fused-ring (bicyclic) bond motifs is 1. The molecule has 0 aliphatic carbocycles. The number of aliphatic hydroxyl groups excluding tert-OH is 1. The van der Waals surface area contributed by atoms with Crippen LogP contribution in [-0.2, 0) is 20.6 Å². The van der Waals surface area contributed by atoms with E-state index >= 15 is 0 Å². The van der Waals surface area contributed by atoms with E-state index in [1.807, 2.05) is 0 Å². The van der Waals surface area contributed by atoms with E-state index in [1.54, 1.807) is 0 Å². The Morgan fingerprint density at radius 3 is 2.90 bits per heavy atom. The minimum atomic E-state index is -2.62. The Bertz CT molecular complexity index is 894. The summed E-state index contributed by atoms with van der Waals surface area (Å²) in [5.41, 5.74) is -1.68. The first kappa shape index (κ1) is 9.12. The van der Waals surface area contributed by atoms with E-state index < -0.39 is 30.7 Å². The van der Waals surface area contributed by atoms with Gasteiger partial charge in [-0.2, -0.15) is 0 Å². The molecular formula is C13H20N4O3. The molecule has 2 heterocycles. The van der Waals surface area contributed by atoms with Gasteiger partial charge in [0.1, 0.15) is 0 Å². The van der Waals surface area contributed by atoms with Gasteiger partial charge in [0.05, 0.1) is 12.4 Å². The molecule has 7 heteroatoms. The van der Waals surface area contributed by atoms with Crippen molar-refractivity contribution in [3.8, 4) is 0 Å². The highest BCUT2D eigenvalue weighted by Gasteiger charge is 2.14. The molecule has 2 aromatic heterocycles. The van der Waals surface area contributed by atoms with Gasteiger partial charge in [-0.15, -0.1) is 0 Å². The van der Waals surface area contributed by atoms with E-state index in [9.17, 15) is 14.7 Å². The summed E-state index contributed by atoms with van der Waals surface area (Å²) in [5, 5.41) is 9.39. The number of nitrogens with zero attached hydrogens (tertiary/aromatic N) is 4. The van der Waals surface area contributed by atoms with Gasteiger partial charge in [-0.25, -0.2) is 9.78 Å². The molecule has 0 aliphatic heterocycles. The maximum absolute atomic E-state index is 12.6. The molecule has 0 bridgehead atoms. The summed E-state index contributed by atoms with van der Waals surface area (Å²) in [6.45, 7) is -1.39. The highest BCUT2D eigenvalue weighted by Crippen LogP contribution is 2.04. The zero-order valence-corrected chi connectivity index (χ0v) is 11.3. The molecule has 0 saturated carbocycles. The Labute approximate surface area is 123 Å². The molecule has 2 aromatic rings. The Morgan fingerprint density at radius 1 is 1.50 bits per heavy atom. The van der Waals surface area contributed by atoms with Gasteiger partial charge in [-0.1, -0.05) is 0 Å². The lowest BCUT2D eigenvalue weighted by atomic mass is 10.2. The zero-order valence-electron chi connectivity index (χ0n) is 16.3. The molecule has 0 aliphatic rings. The number of aliphatic hydroxyl groups is 1. The fourth-order valence-corrected chi connectivity index (χ4v) is 2.01. The van der Waals surface area contributed by atoms with Crippen LogP contribution in [0.1, 0.15) is 33.0 Å². The maximum atomic E-state index is 12.6. The number of hydrogen-bond donors (Lipinski definition) is 1. The van der Waals surface area contributed by atoms with Crippen LogP contribution in [0, 0.1) is 0 Å². The fourth-order valence-electron chi connectivity index (χ4n) is 2.01. The molecule has 0 amide bonds. The smallest absolute Gasteiger partial charge is 0.332 e. The van der Waals surface area contributed by atoms with Crippen molar-refractivity contribution in [3.63, 3.8) is 0 Å². The number of imidazole rings is 1. The quantitative estimate of drug-likeness (QED) is 0.837. The summed E-state index contributed by atoms with van der Waals surface area (Å²) < 4.78 is 40.5. The first-order valence-corrected chi connectivity index (χ1v) is 6.23. The highest BCUT2D eigenvalue weighted by molar-refractivity contribution is 5.69. The number of aryl methyl sites for hydroxylation is 2. The third-order valence-corrected chi connectivity index (χ3v) is 3.03. The molecule has 1 atom stereocenters. The minimum Gasteiger partial charge on any atom is -0.393 e. The number of hydrogen-bond acceptors (Lipinski definition) is 4. The van der Waals surface area contributed by atoms with E-state index in [-0.39, 0.29) is 30.6 Å². The van der Waals surface area contributed by atoms with E-state index in [0.717, 1.165) is 20.0 Å². The van der Waals surface area contributed by atoms with Gasteiger partial charge < -0.3 is 9.67 Å². The van der Waals surface area contributed by atoms with Gasteiger partial charge >= 0.3 is 5.69 Å². The van der Waals surface area contributed by atoms with Crippen LogP contribution in [0.4, 0.5) is 0 Å². The van der Waals surface area contributed by atoms with Crippen molar-refractivity contribution in [2.24, 2.45) is 14.0 Å². The van der Waals surface area contributed by atoms with Gasteiger partial charge in [0.2, 0.25) is 0 Å². The second-order valence-corrected chi connectivity index (χ2v) is 4.57. The third kappa shape index (κ3) is 2.53. The van der Waals surface area contributed by atoms with Crippen molar-refractivity contribution in [2.45, 2.75) is 38.8 Å². The summed E-state index contributed by atoms with van der Waals surface area (Å²) in [5.74, 6) is 0. The first-order chi connectivity index (χ1) is 11.4. The Kier molecular flexibility index (Phi) is 2.56. The van der Waals surface area contributed by atoms with Crippen LogP contribution >= 0.6 is 0 Å². The maximum Gasteiger partial charge on any atom is 0.332 e. The number of aromatic nitrogens is 4. The molecule has 2 rings (SSSR count). The Morgan fingerprint density at radius 2 is 2.25 bits per heavy atom. The predicted octanol–water partition coefficient (Wildman–Crippen LogP) is -0.0152. The first-order valence-electron chi connectivity index (χ1n) is 8.73. The predicted molar refractivity (Wildman–Crippen MR) is 75.7 cm³/mol. The summed E-state index contributed by atoms with van der Waals surface area (Å²) in [4.78, 5) is 28.8. The average Bonchev–Trinajstić information content (AvgIpc) is 2.93. The van der Waals surface area contributed by atoms with E-state index in [4.69, 9.17) is 6.85 Å². The Hall–Kier alpha value is -1.89. The van der Waals surface area contributed by atoms with Crippen molar-refractivity contribution in [1.82, 2.24) is 18.7 Å². The average molecular weight is 285 g/mol. The SMILES string of the molecule is [2H]C([2H])(CCCn1c(=O)c2c(ncn2C([2H])([2H])[2H])n(C)c1=O)[C@@H](C)O. The lowest BCUT2D eigenvalue weighted by Crippen LogP contribution is -2.39. The van der Waals surface area contributed by atoms with E-state index in [0.29, 0.717) is 0 Å². The molecule has 110 valence electrons.